The third-order valence-corrected chi connectivity index (χ3v) is 2.67. The van der Waals surface area contributed by atoms with Crippen molar-refractivity contribution in [3.63, 3.8) is 0 Å². The smallest absolute Gasteiger partial charge is 0.307 e. The van der Waals surface area contributed by atoms with Crippen LogP contribution in [0.4, 0.5) is 0 Å². The molecule has 0 saturated heterocycles. The summed E-state index contributed by atoms with van der Waals surface area (Å²) in [5.74, 6) is 0.243. The molecule has 0 aliphatic rings. The molecule has 0 unspecified atom stereocenters. The summed E-state index contributed by atoms with van der Waals surface area (Å²) in [6.07, 6.45) is 3.98. The molecule has 0 aliphatic carbocycles. The maximum Gasteiger partial charge on any atom is 0.307 e. The third-order valence-electron chi connectivity index (χ3n) is 2.67. The van der Waals surface area contributed by atoms with Crippen LogP contribution in [0, 0.1) is 0 Å². The fraction of sp³-hybridized carbons (Fsp3) is 0.231. The predicted octanol–water partition coefficient (Wildman–Crippen LogP) is 1.45. The number of carboxylic acid groups (broad SMARTS) is 1. The highest BCUT2D eigenvalue weighted by Gasteiger charge is 2.16. The first kappa shape index (κ1) is 11.4. The van der Waals surface area contributed by atoms with Crippen molar-refractivity contribution in [3.8, 4) is 11.4 Å². The van der Waals surface area contributed by atoms with Crippen LogP contribution in [0.5, 0.6) is 0 Å². The van der Waals surface area contributed by atoms with Crippen LogP contribution in [0.1, 0.15) is 6.42 Å². The van der Waals surface area contributed by atoms with E-state index in [1.54, 1.807) is 0 Å². The minimum atomic E-state index is -0.777. The Balaban J connectivity index is 2.33. The van der Waals surface area contributed by atoms with Gasteiger partial charge in [-0.25, -0.2) is 9.13 Å². The van der Waals surface area contributed by atoms with Gasteiger partial charge in [-0.15, -0.1) is 0 Å². The molecule has 1 aromatic heterocycles. The molecule has 88 valence electrons. The molecule has 0 amide bonds. The summed E-state index contributed by atoms with van der Waals surface area (Å²) in [5, 5.41) is 8.72. The summed E-state index contributed by atoms with van der Waals surface area (Å²) in [6.45, 7) is 0.487. The number of aliphatic carboxylic acids is 1. The number of hydrogen-bond donors (Lipinski definition) is 1. The van der Waals surface area contributed by atoms with Gasteiger partial charge in [0.2, 0.25) is 0 Å². The van der Waals surface area contributed by atoms with Gasteiger partial charge in [0.15, 0.2) is 0 Å². The number of rotatable bonds is 4. The van der Waals surface area contributed by atoms with Crippen molar-refractivity contribution in [1.82, 2.24) is 4.57 Å². The topological polar surface area (TPSA) is 46.1 Å². The Morgan fingerprint density at radius 2 is 2.06 bits per heavy atom. The Morgan fingerprint density at radius 3 is 2.71 bits per heavy atom. The summed E-state index contributed by atoms with van der Waals surface area (Å²) in [4.78, 5) is 10.6. The summed E-state index contributed by atoms with van der Waals surface area (Å²) in [7, 11) is 1.96. The molecule has 0 radical (unpaired) electrons. The highest BCUT2D eigenvalue weighted by molar-refractivity contribution is 5.66. The number of aryl methyl sites for hydroxylation is 2. The molecule has 0 aliphatic heterocycles. The number of carboxylic acids is 1. The summed E-state index contributed by atoms with van der Waals surface area (Å²) < 4.78 is 3.96. The molecule has 1 heterocycles. The zero-order chi connectivity index (χ0) is 12.3. The van der Waals surface area contributed by atoms with E-state index in [1.807, 2.05) is 58.9 Å². The van der Waals surface area contributed by atoms with Gasteiger partial charge < -0.3 is 5.11 Å². The molecule has 4 nitrogen and oxygen atoms in total. The molecule has 4 heteroatoms. The summed E-state index contributed by atoms with van der Waals surface area (Å²) in [6, 6.07) is 9.96. The molecular formula is C13H15N2O2+. The lowest BCUT2D eigenvalue weighted by Crippen LogP contribution is -2.29. The number of nitrogens with zero attached hydrogens (tertiary/aromatic N) is 2. The quantitative estimate of drug-likeness (QED) is 0.810. The van der Waals surface area contributed by atoms with Gasteiger partial charge in [-0.05, 0) is 12.1 Å². The van der Waals surface area contributed by atoms with Crippen LogP contribution in [0.15, 0.2) is 42.7 Å². The van der Waals surface area contributed by atoms with Crippen LogP contribution < -0.4 is 4.57 Å². The monoisotopic (exact) mass is 231 g/mol. The molecule has 17 heavy (non-hydrogen) atoms. The average molecular weight is 231 g/mol. The van der Waals surface area contributed by atoms with E-state index in [-0.39, 0.29) is 6.42 Å². The van der Waals surface area contributed by atoms with E-state index in [2.05, 4.69) is 0 Å². The molecule has 0 atom stereocenters. The van der Waals surface area contributed by atoms with E-state index in [4.69, 9.17) is 5.11 Å². The zero-order valence-electron chi connectivity index (χ0n) is 9.71. The molecule has 0 spiro atoms. The van der Waals surface area contributed by atoms with E-state index in [1.165, 1.54) is 0 Å². The van der Waals surface area contributed by atoms with Gasteiger partial charge >= 0.3 is 5.97 Å². The Kier molecular flexibility index (Phi) is 3.23. The van der Waals surface area contributed by atoms with Crippen molar-refractivity contribution in [2.24, 2.45) is 7.05 Å². The lowest BCUT2D eigenvalue weighted by Gasteiger charge is -2.01. The van der Waals surface area contributed by atoms with Gasteiger partial charge in [0.25, 0.3) is 5.82 Å². The van der Waals surface area contributed by atoms with Crippen LogP contribution in [-0.4, -0.2) is 15.6 Å². The van der Waals surface area contributed by atoms with E-state index in [9.17, 15) is 4.79 Å². The lowest BCUT2D eigenvalue weighted by atomic mass is 10.2. The normalized spacial score (nSPS) is 10.4. The van der Waals surface area contributed by atoms with Gasteiger partial charge in [-0.2, -0.15) is 0 Å². The fourth-order valence-electron chi connectivity index (χ4n) is 1.88. The van der Waals surface area contributed by atoms with Crippen molar-refractivity contribution >= 4 is 5.97 Å². The second-order valence-electron chi connectivity index (χ2n) is 3.94. The molecular weight excluding hydrogens is 216 g/mol. The van der Waals surface area contributed by atoms with Gasteiger partial charge in [0, 0.05) is 0 Å². The molecule has 0 bridgehead atoms. The summed E-state index contributed by atoms with van der Waals surface area (Å²) >= 11 is 0. The number of imidazole rings is 1. The number of hydrogen-bond acceptors (Lipinski definition) is 1. The van der Waals surface area contributed by atoms with Crippen molar-refractivity contribution < 1.29 is 14.5 Å². The van der Waals surface area contributed by atoms with E-state index < -0.39 is 5.97 Å². The SMILES string of the molecule is C[n+]1ccn(CCC(=O)O)c1-c1ccccc1. The van der Waals surface area contributed by atoms with E-state index in [0.717, 1.165) is 11.4 Å². The Morgan fingerprint density at radius 1 is 1.35 bits per heavy atom. The number of aromatic nitrogens is 2. The standard InChI is InChI=1S/C13H14N2O2/c1-14-9-10-15(8-7-12(16)17)13(14)11-5-3-2-4-6-11/h2-6,9-10H,7-8H2,1H3/p+1. The largest absolute Gasteiger partial charge is 0.481 e. The van der Waals surface area contributed by atoms with Gasteiger partial charge in [0.05, 0.1) is 19.0 Å². The highest BCUT2D eigenvalue weighted by Crippen LogP contribution is 2.15. The maximum absolute atomic E-state index is 10.6. The molecule has 0 saturated carbocycles. The number of benzene rings is 1. The predicted molar refractivity (Wildman–Crippen MR) is 63.3 cm³/mol. The first-order valence-electron chi connectivity index (χ1n) is 5.50. The van der Waals surface area contributed by atoms with Gasteiger partial charge in [-0.3, -0.25) is 4.79 Å². The minimum Gasteiger partial charge on any atom is -0.481 e. The zero-order valence-corrected chi connectivity index (χ0v) is 9.71. The third kappa shape index (κ3) is 2.53. The molecule has 1 N–H and O–H groups in total. The van der Waals surface area contributed by atoms with Crippen molar-refractivity contribution in [1.29, 1.82) is 0 Å². The van der Waals surface area contributed by atoms with E-state index >= 15 is 0 Å². The molecule has 1 aromatic carbocycles. The fourth-order valence-corrected chi connectivity index (χ4v) is 1.88. The second kappa shape index (κ2) is 4.82. The average Bonchev–Trinajstić information content (AvgIpc) is 2.69. The van der Waals surface area contributed by atoms with Gasteiger partial charge in [0.1, 0.15) is 18.9 Å². The molecule has 2 rings (SSSR count). The first-order chi connectivity index (χ1) is 8.18. The maximum atomic E-state index is 10.6. The summed E-state index contributed by atoms with van der Waals surface area (Å²) in [5.41, 5.74) is 1.09. The molecule has 2 aromatic rings. The van der Waals surface area contributed by atoms with Crippen LogP contribution in [-0.2, 0) is 18.4 Å². The number of carbonyl (C=O) groups is 1. The van der Waals surface area contributed by atoms with E-state index in [0.29, 0.717) is 6.54 Å². The Hall–Kier alpha value is -2.10. The van der Waals surface area contributed by atoms with Crippen molar-refractivity contribution in [2.75, 3.05) is 0 Å². The van der Waals surface area contributed by atoms with Crippen LogP contribution >= 0.6 is 0 Å². The molecule has 0 fully saturated rings. The first-order valence-corrected chi connectivity index (χ1v) is 5.50. The van der Waals surface area contributed by atoms with Crippen LogP contribution in [0.25, 0.3) is 11.4 Å². The minimum absolute atomic E-state index is 0.133. The lowest BCUT2D eigenvalue weighted by molar-refractivity contribution is -0.659. The highest BCUT2D eigenvalue weighted by atomic mass is 16.4. The van der Waals surface area contributed by atoms with Crippen molar-refractivity contribution in [3.05, 3.63) is 42.7 Å². The second-order valence-corrected chi connectivity index (χ2v) is 3.94. The van der Waals surface area contributed by atoms with Crippen molar-refractivity contribution in [2.45, 2.75) is 13.0 Å². The van der Waals surface area contributed by atoms with Gasteiger partial charge in [-0.1, -0.05) is 18.2 Å². The Labute approximate surface area is 99.8 Å². The Bertz CT molecular complexity index is 517. The van der Waals surface area contributed by atoms with Crippen LogP contribution in [0.3, 0.4) is 0 Å². The van der Waals surface area contributed by atoms with Crippen LogP contribution in [0.2, 0.25) is 0 Å².